The van der Waals surface area contributed by atoms with Crippen LogP contribution in [0.2, 0.25) is 0 Å². The standard InChI is InChI=1S/C19H23FN2O6/c1-2-13-10-22(17-14(24)15(25)19(20,11-23)28-17)18(26)21-16(13)27-9-8-12-6-4-3-5-7-12/h1,8,10,14-15,17,23-25H,3-7,9,11H2/t14-,15+,17-,19-/m1/s1. The van der Waals surface area contributed by atoms with Crippen LogP contribution in [0.25, 0.3) is 0 Å². The van der Waals surface area contributed by atoms with Gasteiger partial charge in [0.05, 0.1) is 0 Å². The summed E-state index contributed by atoms with van der Waals surface area (Å²) in [5.41, 5.74) is 0.492. The second-order valence-corrected chi connectivity index (χ2v) is 6.92. The van der Waals surface area contributed by atoms with E-state index in [1.807, 2.05) is 6.08 Å². The Morgan fingerprint density at radius 1 is 1.43 bits per heavy atom. The molecule has 0 radical (unpaired) electrons. The van der Waals surface area contributed by atoms with Crippen LogP contribution in [-0.2, 0) is 4.74 Å². The Hall–Kier alpha value is -2.25. The number of aliphatic hydroxyl groups is 3. The molecule has 0 amide bonds. The van der Waals surface area contributed by atoms with Gasteiger partial charge in [-0.05, 0) is 31.8 Å². The first-order valence-corrected chi connectivity index (χ1v) is 9.14. The molecule has 9 heteroatoms. The fraction of sp³-hybridized carbons (Fsp3) is 0.579. The first-order chi connectivity index (χ1) is 13.4. The van der Waals surface area contributed by atoms with Gasteiger partial charge in [-0.15, -0.1) is 6.42 Å². The molecule has 3 rings (SSSR count). The number of hydrogen-bond acceptors (Lipinski definition) is 7. The van der Waals surface area contributed by atoms with Crippen molar-refractivity contribution in [3.05, 3.63) is 33.9 Å². The highest BCUT2D eigenvalue weighted by atomic mass is 19.2. The Morgan fingerprint density at radius 3 is 2.75 bits per heavy atom. The summed E-state index contributed by atoms with van der Waals surface area (Å²) in [5, 5.41) is 28.8. The molecule has 1 saturated heterocycles. The van der Waals surface area contributed by atoms with Crippen molar-refractivity contribution in [3.8, 4) is 18.2 Å². The molecule has 0 bridgehead atoms. The van der Waals surface area contributed by atoms with Gasteiger partial charge in [-0.2, -0.15) is 4.98 Å². The zero-order valence-corrected chi connectivity index (χ0v) is 15.3. The van der Waals surface area contributed by atoms with Gasteiger partial charge in [0.15, 0.2) is 6.23 Å². The molecular weight excluding hydrogens is 371 g/mol. The second-order valence-electron chi connectivity index (χ2n) is 6.92. The topological polar surface area (TPSA) is 114 Å². The Kier molecular flexibility index (Phi) is 6.15. The minimum atomic E-state index is -2.90. The van der Waals surface area contributed by atoms with Crippen LogP contribution in [-0.4, -0.2) is 56.1 Å². The average Bonchev–Trinajstić information content (AvgIpc) is 2.94. The molecule has 3 N–H and O–H groups in total. The molecule has 1 aromatic rings. The van der Waals surface area contributed by atoms with Crippen LogP contribution in [0.5, 0.6) is 5.88 Å². The van der Waals surface area contributed by atoms with Crippen molar-refractivity contribution >= 4 is 0 Å². The van der Waals surface area contributed by atoms with Gasteiger partial charge in [-0.1, -0.05) is 17.9 Å². The highest BCUT2D eigenvalue weighted by Crippen LogP contribution is 2.37. The van der Waals surface area contributed by atoms with Gasteiger partial charge in [0.1, 0.15) is 31.0 Å². The summed E-state index contributed by atoms with van der Waals surface area (Å²) in [5.74, 6) is -0.634. The summed E-state index contributed by atoms with van der Waals surface area (Å²) in [7, 11) is 0. The molecule has 1 aliphatic carbocycles. The minimum Gasteiger partial charge on any atom is -0.472 e. The second kappa shape index (κ2) is 8.41. The lowest BCUT2D eigenvalue weighted by molar-refractivity contribution is -0.207. The maximum absolute atomic E-state index is 14.3. The van der Waals surface area contributed by atoms with Gasteiger partial charge in [-0.3, -0.25) is 4.57 Å². The predicted octanol–water partition coefficient (Wildman–Crippen LogP) is 0.403. The molecule has 1 aliphatic heterocycles. The first kappa shape index (κ1) is 20.5. The van der Waals surface area contributed by atoms with Gasteiger partial charge >= 0.3 is 5.69 Å². The quantitative estimate of drug-likeness (QED) is 0.489. The van der Waals surface area contributed by atoms with Crippen molar-refractivity contribution in [3.63, 3.8) is 0 Å². The van der Waals surface area contributed by atoms with Crippen LogP contribution < -0.4 is 10.4 Å². The minimum absolute atomic E-state index is 0.0573. The lowest BCUT2D eigenvalue weighted by Gasteiger charge is -2.20. The summed E-state index contributed by atoms with van der Waals surface area (Å²) in [6.45, 7) is -0.985. The predicted molar refractivity (Wildman–Crippen MR) is 96.2 cm³/mol. The van der Waals surface area contributed by atoms with E-state index in [4.69, 9.17) is 21.0 Å². The normalized spacial score (nSPS) is 30.1. The van der Waals surface area contributed by atoms with Crippen molar-refractivity contribution in [2.24, 2.45) is 0 Å². The summed E-state index contributed by atoms with van der Waals surface area (Å²) in [6, 6.07) is 0. The molecule has 28 heavy (non-hydrogen) atoms. The molecule has 1 aromatic heterocycles. The maximum atomic E-state index is 14.3. The fourth-order valence-electron chi connectivity index (χ4n) is 3.40. The van der Waals surface area contributed by atoms with E-state index in [2.05, 4.69) is 10.9 Å². The molecule has 2 heterocycles. The van der Waals surface area contributed by atoms with Crippen LogP contribution in [0.15, 0.2) is 22.6 Å². The Bertz CT molecular complexity index is 840. The van der Waals surface area contributed by atoms with Crippen LogP contribution >= 0.6 is 0 Å². The number of terminal acetylenes is 1. The van der Waals surface area contributed by atoms with Gasteiger partial charge < -0.3 is 24.8 Å². The molecule has 0 spiro atoms. The average molecular weight is 394 g/mol. The van der Waals surface area contributed by atoms with Gasteiger partial charge in [0.25, 0.3) is 5.85 Å². The third kappa shape index (κ3) is 3.95. The largest absolute Gasteiger partial charge is 0.472 e. The molecule has 0 aromatic carbocycles. The van der Waals surface area contributed by atoms with Crippen LogP contribution in [0.1, 0.15) is 43.9 Å². The van der Waals surface area contributed by atoms with Gasteiger partial charge in [-0.25, -0.2) is 9.18 Å². The van der Waals surface area contributed by atoms with E-state index in [0.29, 0.717) is 0 Å². The number of allylic oxidation sites excluding steroid dienone is 1. The number of hydrogen-bond donors (Lipinski definition) is 3. The monoisotopic (exact) mass is 394 g/mol. The fourth-order valence-corrected chi connectivity index (χ4v) is 3.40. The number of nitrogens with zero attached hydrogens (tertiary/aromatic N) is 2. The molecule has 4 atom stereocenters. The maximum Gasteiger partial charge on any atom is 0.353 e. The Labute approximate surface area is 161 Å². The van der Waals surface area contributed by atoms with Crippen molar-refractivity contribution < 1.29 is 29.2 Å². The lowest BCUT2D eigenvalue weighted by Crippen LogP contribution is -2.42. The SMILES string of the molecule is C#Cc1cn([C@@H]2O[C@](F)(CO)[C@@H](O)[C@H]2O)c(=O)nc1OCC=C1CCCCC1. The third-order valence-electron chi connectivity index (χ3n) is 5.02. The molecular formula is C19H23FN2O6. The summed E-state index contributed by atoms with van der Waals surface area (Å²) >= 11 is 0. The van der Waals surface area contributed by atoms with Crippen LogP contribution in [0, 0.1) is 12.3 Å². The van der Waals surface area contributed by atoms with Crippen molar-refractivity contribution in [1.82, 2.24) is 9.55 Å². The molecule has 0 unspecified atom stereocenters. The Balaban J connectivity index is 1.80. The van der Waals surface area contributed by atoms with Crippen LogP contribution in [0.3, 0.4) is 0 Å². The molecule has 2 fully saturated rings. The van der Waals surface area contributed by atoms with E-state index in [1.165, 1.54) is 12.0 Å². The molecule has 2 aliphatic rings. The zero-order chi connectivity index (χ0) is 20.3. The lowest BCUT2D eigenvalue weighted by atomic mass is 9.95. The summed E-state index contributed by atoms with van der Waals surface area (Å²) < 4.78 is 25.4. The van der Waals surface area contributed by atoms with Crippen molar-refractivity contribution in [1.29, 1.82) is 0 Å². The molecule has 1 saturated carbocycles. The molecule has 152 valence electrons. The van der Waals surface area contributed by atoms with Crippen molar-refractivity contribution in [2.45, 2.75) is 56.4 Å². The summed E-state index contributed by atoms with van der Waals surface area (Å²) in [4.78, 5) is 16.1. The van der Waals surface area contributed by atoms with E-state index in [0.717, 1.165) is 36.4 Å². The van der Waals surface area contributed by atoms with E-state index in [1.54, 1.807) is 0 Å². The van der Waals surface area contributed by atoms with E-state index in [9.17, 15) is 19.4 Å². The van der Waals surface area contributed by atoms with Crippen molar-refractivity contribution in [2.75, 3.05) is 13.2 Å². The number of ether oxygens (including phenoxy) is 2. The third-order valence-corrected chi connectivity index (χ3v) is 5.02. The highest BCUT2D eigenvalue weighted by Gasteiger charge is 2.56. The van der Waals surface area contributed by atoms with Crippen LogP contribution in [0.4, 0.5) is 4.39 Å². The Morgan fingerprint density at radius 2 is 2.14 bits per heavy atom. The van der Waals surface area contributed by atoms with E-state index in [-0.39, 0.29) is 18.1 Å². The van der Waals surface area contributed by atoms with Gasteiger partial charge in [0, 0.05) is 6.20 Å². The smallest absolute Gasteiger partial charge is 0.353 e. The number of alkyl halides is 1. The number of rotatable bonds is 5. The number of aliphatic hydroxyl groups excluding tert-OH is 3. The zero-order valence-electron chi connectivity index (χ0n) is 15.3. The number of aromatic nitrogens is 2. The van der Waals surface area contributed by atoms with Gasteiger partial charge in [0.2, 0.25) is 5.88 Å². The highest BCUT2D eigenvalue weighted by molar-refractivity contribution is 5.38. The van der Waals surface area contributed by atoms with E-state index >= 15 is 0 Å². The molecule has 8 nitrogen and oxygen atoms in total. The number of halogens is 1. The van der Waals surface area contributed by atoms with E-state index < -0.39 is 36.6 Å². The summed E-state index contributed by atoms with van der Waals surface area (Å²) in [6.07, 6.45) is 8.67. The first-order valence-electron chi connectivity index (χ1n) is 9.14.